The summed E-state index contributed by atoms with van der Waals surface area (Å²) in [6, 6.07) is 1.88. The summed E-state index contributed by atoms with van der Waals surface area (Å²) in [5, 5.41) is 6.64. The van der Waals surface area contributed by atoms with Gasteiger partial charge in [0.2, 0.25) is 0 Å². The number of anilines is 1. The van der Waals surface area contributed by atoms with E-state index >= 15 is 0 Å². The van der Waals surface area contributed by atoms with Gasteiger partial charge in [0.1, 0.15) is 5.82 Å². The molecule has 1 fully saturated rings. The summed E-state index contributed by atoms with van der Waals surface area (Å²) < 4.78 is 0. The van der Waals surface area contributed by atoms with Gasteiger partial charge < -0.3 is 10.6 Å². The van der Waals surface area contributed by atoms with Crippen molar-refractivity contribution in [3.63, 3.8) is 0 Å². The molecular weight excluding hydrogens is 286 g/mol. The van der Waals surface area contributed by atoms with Crippen molar-refractivity contribution in [2.24, 2.45) is 10.8 Å². The molecule has 5 heteroatoms. The first-order valence-electron chi connectivity index (χ1n) is 7.42. The Kier molecular flexibility index (Phi) is 4.20. The van der Waals surface area contributed by atoms with E-state index in [9.17, 15) is 4.79 Å². The summed E-state index contributed by atoms with van der Waals surface area (Å²) in [4.78, 5) is 16.7. The normalized spacial score (nSPS) is 19.1. The molecule has 1 aliphatic rings. The number of hydrogen-bond acceptors (Lipinski definition) is 3. The van der Waals surface area contributed by atoms with Gasteiger partial charge in [-0.15, -0.1) is 0 Å². The number of halogens is 1. The number of amides is 1. The van der Waals surface area contributed by atoms with Gasteiger partial charge >= 0.3 is 0 Å². The molecule has 1 amide bonds. The van der Waals surface area contributed by atoms with Crippen LogP contribution in [0, 0.1) is 10.8 Å². The Labute approximate surface area is 131 Å². The van der Waals surface area contributed by atoms with E-state index in [0.717, 1.165) is 13.0 Å². The van der Waals surface area contributed by atoms with E-state index in [4.69, 9.17) is 11.6 Å². The third-order valence-electron chi connectivity index (χ3n) is 4.95. The summed E-state index contributed by atoms with van der Waals surface area (Å²) >= 11 is 6.12. The van der Waals surface area contributed by atoms with Crippen molar-refractivity contribution < 1.29 is 4.79 Å². The average molecular weight is 310 g/mol. The second kappa shape index (κ2) is 5.48. The van der Waals surface area contributed by atoms with Crippen molar-refractivity contribution in [1.29, 1.82) is 0 Å². The summed E-state index contributed by atoms with van der Waals surface area (Å²) in [7, 11) is 0. The summed E-state index contributed by atoms with van der Waals surface area (Å²) in [5.74, 6) is 0.548. The maximum Gasteiger partial charge on any atom is 0.253 e. The fourth-order valence-corrected chi connectivity index (χ4v) is 2.92. The molecule has 1 heterocycles. The molecule has 0 aromatic carbocycles. The van der Waals surface area contributed by atoms with Crippen LogP contribution in [0.3, 0.4) is 0 Å². The molecule has 0 radical (unpaired) electrons. The van der Waals surface area contributed by atoms with Crippen LogP contribution in [-0.4, -0.2) is 23.5 Å². The molecule has 0 spiro atoms. The van der Waals surface area contributed by atoms with Gasteiger partial charge in [-0.25, -0.2) is 4.98 Å². The topological polar surface area (TPSA) is 54.0 Å². The maximum absolute atomic E-state index is 12.5. The highest BCUT2D eigenvalue weighted by atomic mass is 35.5. The number of carbonyl (C=O) groups is 1. The predicted molar refractivity (Wildman–Crippen MR) is 86.8 cm³/mol. The van der Waals surface area contributed by atoms with Crippen molar-refractivity contribution in [2.75, 3.05) is 11.9 Å². The first-order chi connectivity index (χ1) is 9.71. The average Bonchev–Trinajstić information content (AvgIpc) is 2.80. The minimum atomic E-state index is -0.134. The first-order valence-corrected chi connectivity index (χ1v) is 7.80. The molecule has 2 rings (SSSR count). The van der Waals surface area contributed by atoms with Crippen LogP contribution in [0.25, 0.3) is 0 Å². The number of hydrogen-bond donors (Lipinski definition) is 2. The highest BCUT2D eigenvalue weighted by Crippen LogP contribution is 2.62. The monoisotopic (exact) mass is 309 g/mol. The highest BCUT2D eigenvalue weighted by Gasteiger charge is 2.65. The zero-order chi connectivity index (χ0) is 15.8. The number of pyridine rings is 1. The Bertz CT molecular complexity index is 540. The second-order valence-corrected chi connectivity index (χ2v) is 7.23. The molecule has 116 valence electrons. The molecule has 0 unspecified atom stereocenters. The lowest BCUT2D eigenvalue weighted by Gasteiger charge is -2.10. The van der Waals surface area contributed by atoms with Gasteiger partial charge in [0.15, 0.2) is 0 Å². The minimum absolute atomic E-state index is 0.103. The fourth-order valence-electron chi connectivity index (χ4n) is 2.73. The Morgan fingerprint density at radius 3 is 2.48 bits per heavy atom. The second-order valence-electron chi connectivity index (χ2n) is 6.83. The maximum atomic E-state index is 12.5. The van der Waals surface area contributed by atoms with Gasteiger partial charge in [-0.2, -0.15) is 0 Å². The molecule has 1 saturated carbocycles. The first kappa shape index (κ1) is 16.1. The largest absolute Gasteiger partial charge is 0.370 e. The summed E-state index contributed by atoms with van der Waals surface area (Å²) in [6.45, 7) is 11.6. The van der Waals surface area contributed by atoms with Crippen LogP contribution in [0.2, 0.25) is 5.02 Å². The van der Waals surface area contributed by atoms with Crippen molar-refractivity contribution in [3.05, 3.63) is 22.8 Å². The number of aromatic nitrogens is 1. The number of nitrogens with one attached hydrogen (secondary N) is 2. The van der Waals surface area contributed by atoms with E-state index in [1.165, 1.54) is 6.20 Å². The van der Waals surface area contributed by atoms with E-state index in [-0.39, 0.29) is 22.8 Å². The third-order valence-corrected chi connectivity index (χ3v) is 5.25. The predicted octanol–water partition coefficient (Wildman–Crippen LogP) is 3.72. The Balaban J connectivity index is 2.13. The minimum Gasteiger partial charge on any atom is -0.370 e. The van der Waals surface area contributed by atoms with E-state index in [1.54, 1.807) is 6.07 Å². The lowest BCUT2D eigenvalue weighted by Crippen LogP contribution is -2.30. The molecule has 1 aromatic rings. The molecule has 0 atom stereocenters. The van der Waals surface area contributed by atoms with Crippen molar-refractivity contribution in [3.8, 4) is 0 Å². The molecule has 0 bridgehead atoms. The molecular formula is C16H24ClN3O. The number of nitrogens with zero attached hydrogens (tertiary/aromatic N) is 1. The van der Waals surface area contributed by atoms with E-state index in [1.807, 2.05) is 0 Å². The Morgan fingerprint density at radius 1 is 1.33 bits per heavy atom. The van der Waals surface area contributed by atoms with Crippen LogP contribution in [0.15, 0.2) is 12.3 Å². The quantitative estimate of drug-likeness (QED) is 0.871. The van der Waals surface area contributed by atoms with Crippen LogP contribution in [0.5, 0.6) is 0 Å². The van der Waals surface area contributed by atoms with Crippen LogP contribution in [-0.2, 0) is 0 Å². The van der Waals surface area contributed by atoms with E-state index < -0.39 is 0 Å². The van der Waals surface area contributed by atoms with Gasteiger partial charge in [0.05, 0.1) is 10.6 Å². The molecule has 0 aliphatic heterocycles. The SMILES string of the molecule is CCCNc1cc(C(=O)NC2C(C)(C)C2(C)C)c(Cl)cn1. The smallest absolute Gasteiger partial charge is 0.253 e. The Morgan fingerprint density at radius 2 is 1.95 bits per heavy atom. The highest BCUT2D eigenvalue weighted by molar-refractivity contribution is 6.33. The standard InChI is InChI=1S/C16H24ClN3O/c1-6-7-18-12-8-10(11(17)9-19-12)13(21)20-14-15(2,3)16(14,4)5/h8-9,14H,6-7H2,1-5H3,(H,18,19)(H,20,21). The third kappa shape index (κ3) is 2.86. The van der Waals surface area contributed by atoms with Crippen molar-refractivity contribution in [1.82, 2.24) is 10.3 Å². The van der Waals surface area contributed by atoms with Gasteiger partial charge in [-0.3, -0.25) is 4.79 Å². The summed E-state index contributed by atoms with van der Waals surface area (Å²) in [6.07, 6.45) is 2.52. The van der Waals surface area contributed by atoms with Crippen LogP contribution >= 0.6 is 11.6 Å². The molecule has 0 saturated heterocycles. The van der Waals surface area contributed by atoms with E-state index in [0.29, 0.717) is 16.4 Å². The van der Waals surface area contributed by atoms with Crippen molar-refractivity contribution in [2.45, 2.75) is 47.1 Å². The van der Waals surface area contributed by atoms with E-state index in [2.05, 4.69) is 50.2 Å². The van der Waals surface area contributed by atoms with Crippen molar-refractivity contribution >= 4 is 23.3 Å². The van der Waals surface area contributed by atoms with Crippen LogP contribution in [0.4, 0.5) is 5.82 Å². The van der Waals surface area contributed by atoms with Gasteiger partial charge in [-0.1, -0.05) is 46.2 Å². The lowest BCUT2D eigenvalue weighted by molar-refractivity contribution is 0.0943. The number of rotatable bonds is 5. The Hall–Kier alpha value is -1.29. The summed E-state index contributed by atoms with van der Waals surface area (Å²) in [5.41, 5.74) is 0.681. The van der Waals surface area contributed by atoms with Crippen LogP contribution in [0.1, 0.15) is 51.4 Å². The van der Waals surface area contributed by atoms with Gasteiger partial charge in [0.25, 0.3) is 5.91 Å². The molecule has 2 N–H and O–H groups in total. The zero-order valence-corrected chi connectivity index (χ0v) is 14.1. The molecule has 21 heavy (non-hydrogen) atoms. The fraction of sp³-hybridized carbons (Fsp3) is 0.625. The zero-order valence-electron chi connectivity index (χ0n) is 13.4. The molecule has 1 aliphatic carbocycles. The number of carbonyl (C=O) groups excluding carboxylic acids is 1. The lowest BCUT2D eigenvalue weighted by atomic mass is 10.0. The van der Waals surface area contributed by atoms with Gasteiger partial charge in [0, 0.05) is 18.8 Å². The molecule has 4 nitrogen and oxygen atoms in total. The molecule has 1 aromatic heterocycles. The van der Waals surface area contributed by atoms with Gasteiger partial charge in [-0.05, 0) is 23.3 Å². The van der Waals surface area contributed by atoms with Crippen LogP contribution < -0.4 is 10.6 Å².